The number of hydrogen-bond acceptors (Lipinski definition) is 3. The molecule has 76 valence electrons. The highest BCUT2D eigenvalue weighted by atomic mass is 16.5. The van der Waals surface area contributed by atoms with Crippen LogP contribution in [0.3, 0.4) is 0 Å². The monoisotopic (exact) mass is 195 g/mol. The third kappa shape index (κ3) is 1.80. The Bertz CT molecular complexity index is 366. The van der Waals surface area contributed by atoms with Crippen LogP contribution >= 0.6 is 0 Å². The third-order valence-electron chi connectivity index (χ3n) is 2.40. The van der Waals surface area contributed by atoms with Crippen LogP contribution in [0.1, 0.15) is 25.5 Å². The molecule has 4 heteroatoms. The molecule has 4 nitrogen and oxygen atoms in total. The van der Waals surface area contributed by atoms with E-state index in [1.807, 2.05) is 0 Å². The van der Waals surface area contributed by atoms with E-state index in [-0.39, 0.29) is 17.5 Å². The predicted octanol–water partition coefficient (Wildman–Crippen LogP) is 1.25. The van der Waals surface area contributed by atoms with E-state index < -0.39 is 0 Å². The number of pyridine rings is 1. The van der Waals surface area contributed by atoms with Crippen LogP contribution in [-0.2, 0) is 4.74 Å². The lowest BCUT2D eigenvalue weighted by Gasteiger charge is -2.24. The molecule has 1 N–H and O–H groups in total. The van der Waals surface area contributed by atoms with Crippen LogP contribution in [0.15, 0.2) is 23.1 Å². The normalized spacial score (nSPS) is 22.1. The minimum Gasteiger partial charge on any atom is -0.508 e. The molecule has 0 saturated carbocycles. The maximum Gasteiger partial charge on any atom is 0.256 e. The molecule has 2 heterocycles. The largest absolute Gasteiger partial charge is 0.508 e. The van der Waals surface area contributed by atoms with Gasteiger partial charge in [0.1, 0.15) is 12.0 Å². The molecule has 1 saturated heterocycles. The van der Waals surface area contributed by atoms with Crippen molar-refractivity contribution in [3.8, 4) is 5.75 Å². The summed E-state index contributed by atoms with van der Waals surface area (Å²) in [5, 5.41) is 9.08. The highest BCUT2D eigenvalue weighted by Crippen LogP contribution is 2.21. The third-order valence-corrected chi connectivity index (χ3v) is 2.40. The molecule has 0 amide bonds. The van der Waals surface area contributed by atoms with Gasteiger partial charge in [0.15, 0.2) is 0 Å². The molecule has 0 aliphatic carbocycles. The number of rotatable bonds is 1. The molecule has 0 bridgehead atoms. The van der Waals surface area contributed by atoms with Crippen molar-refractivity contribution in [2.45, 2.75) is 25.5 Å². The molecule has 14 heavy (non-hydrogen) atoms. The van der Waals surface area contributed by atoms with Crippen molar-refractivity contribution in [1.29, 1.82) is 0 Å². The van der Waals surface area contributed by atoms with Crippen LogP contribution in [0.5, 0.6) is 5.75 Å². The van der Waals surface area contributed by atoms with E-state index in [9.17, 15) is 4.79 Å². The van der Waals surface area contributed by atoms with E-state index in [1.165, 1.54) is 16.7 Å². The highest BCUT2D eigenvalue weighted by Gasteiger charge is 2.16. The van der Waals surface area contributed by atoms with Gasteiger partial charge < -0.3 is 9.84 Å². The Kier molecular flexibility index (Phi) is 2.54. The average Bonchev–Trinajstić information content (AvgIpc) is 2.19. The summed E-state index contributed by atoms with van der Waals surface area (Å²) in [5.41, 5.74) is -0.211. The van der Waals surface area contributed by atoms with Gasteiger partial charge >= 0.3 is 0 Å². The molecule has 2 rings (SSSR count). The Balaban J connectivity index is 2.26. The van der Waals surface area contributed by atoms with Crippen molar-refractivity contribution in [3.05, 3.63) is 28.7 Å². The maximum absolute atomic E-state index is 11.5. The van der Waals surface area contributed by atoms with Gasteiger partial charge in [-0.2, -0.15) is 0 Å². The fourth-order valence-electron chi connectivity index (χ4n) is 1.66. The fraction of sp³-hybridized carbons (Fsp3) is 0.500. The summed E-state index contributed by atoms with van der Waals surface area (Å²) in [6.45, 7) is 0.706. The van der Waals surface area contributed by atoms with Gasteiger partial charge in [-0.25, -0.2) is 0 Å². The standard InChI is InChI=1S/C10H13NO3/c12-8-4-5-11(9(13)7-8)10-3-1-2-6-14-10/h4-5,7,10,12H,1-3,6H2/t10-/m1/s1. The molecule has 1 aromatic heterocycles. The Labute approximate surface area is 81.7 Å². The highest BCUT2D eigenvalue weighted by molar-refractivity contribution is 5.15. The molecule has 1 atom stereocenters. The second kappa shape index (κ2) is 3.84. The summed E-state index contributed by atoms with van der Waals surface area (Å²) in [6.07, 6.45) is 4.43. The molecule has 0 aromatic carbocycles. The average molecular weight is 195 g/mol. The van der Waals surface area contributed by atoms with Crippen molar-refractivity contribution in [2.24, 2.45) is 0 Å². The van der Waals surface area contributed by atoms with E-state index in [0.717, 1.165) is 19.3 Å². The van der Waals surface area contributed by atoms with Crippen LogP contribution in [-0.4, -0.2) is 16.3 Å². The Morgan fingerprint density at radius 2 is 2.36 bits per heavy atom. The lowest BCUT2D eigenvalue weighted by Crippen LogP contribution is -2.27. The van der Waals surface area contributed by atoms with E-state index in [4.69, 9.17) is 9.84 Å². The molecular weight excluding hydrogens is 182 g/mol. The number of aromatic nitrogens is 1. The van der Waals surface area contributed by atoms with Gasteiger partial charge in [0.05, 0.1) is 0 Å². The minimum atomic E-state index is -0.211. The van der Waals surface area contributed by atoms with Gasteiger partial charge in [-0.15, -0.1) is 0 Å². The molecule has 1 aliphatic rings. The number of hydrogen-bond donors (Lipinski definition) is 1. The first-order chi connectivity index (χ1) is 6.77. The zero-order valence-electron chi connectivity index (χ0n) is 7.85. The quantitative estimate of drug-likeness (QED) is 0.733. The maximum atomic E-state index is 11.5. The Hall–Kier alpha value is -1.29. The van der Waals surface area contributed by atoms with Crippen LogP contribution in [0.25, 0.3) is 0 Å². The van der Waals surface area contributed by atoms with Crippen LogP contribution < -0.4 is 5.56 Å². The molecule has 1 aliphatic heterocycles. The van der Waals surface area contributed by atoms with Crippen LogP contribution in [0.4, 0.5) is 0 Å². The topological polar surface area (TPSA) is 51.5 Å². The van der Waals surface area contributed by atoms with E-state index in [1.54, 1.807) is 6.20 Å². The Morgan fingerprint density at radius 1 is 1.50 bits per heavy atom. The summed E-state index contributed by atoms with van der Waals surface area (Å²) < 4.78 is 6.99. The van der Waals surface area contributed by atoms with E-state index >= 15 is 0 Å². The second-order valence-electron chi connectivity index (χ2n) is 3.45. The van der Waals surface area contributed by atoms with E-state index in [0.29, 0.717) is 6.61 Å². The predicted molar refractivity (Wildman–Crippen MR) is 51.2 cm³/mol. The molecular formula is C10H13NO3. The molecule has 1 aromatic rings. The van der Waals surface area contributed by atoms with Crippen molar-refractivity contribution in [2.75, 3.05) is 6.61 Å². The first kappa shape index (κ1) is 9.27. The lowest BCUT2D eigenvalue weighted by atomic mass is 10.2. The zero-order chi connectivity index (χ0) is 9.97. The smallest absolute Gasteiger partial charge is 0.256 e. The molecule has 0 unspecified atom stereocenters. The number of nitrogens with zero attached hydrogens (tertiary/aromatic N) is 1. The second-order valence-corrected chi connectivity index (χ2v) is 3.45. The van der Waals surface area contributed by atoms with E-state index in [2.05, 4.69) is 0 Å². The van der Waals surface area contributed by atoms with Gasteiger partial charge in [-0.05, 0) is 25.3 Å². The van der Waals surface area contributed by atoms with Gasteiger partial charge in [-0.3, -0.25) is 9.36 Å². The summed E-state index contributed by atoms with van der Waals surface area (Å²) >= 11 is 0. The van der Waals surface area contributed by atoms with Crippen molar-refractivity contribution >= 4 is 0 Å². The van der Waals surface area contributed by atoms with Crippen LogP contribution in [0.2, 0.25) is 0 Å². The van der Waals surface area contributed by atoms with Crippen molar-refractivity contribution in [1.82, 2.24) is 4.57 Å². The van der Waals surface area contributed by atoms with Gasteiger partial charge in [0, 0.05) is 18.9 Å². The molecule has 1 fully saturated rings. The fourth-order valence-corrected chi connectivity index (χ4v) is 1.66. The van der Waals surface area contributed by atoms with Gasteiger partial charge in [0.2, 0.25) is 0 Å². The first-order valence-corrected chi connectivity index (χ1v) is 4.80. The Morgan fingerprint density at radius 3 is 3.00 bits per heavy atom. The SMILES string of the molecule is O=c1cc(O)ccn1[C@H]1CCCCO1. The lowest BCUT2D eigenvalue weighted by molar-refractivity contribution is -0.0341. The van der Waals surface area contributed by atoms with Crippen molar-refractivity contribution in [3.63, 3.8) is 0 Å². The molecule has 0 radical (unpaired) electrons. The number of ether oxygens (including phenoxy) is 1. The zero-order valence-corrected chi connectivity index (χ0v) is 7.85. The summed E-state index contributed by atoms with van der Waals surface area (Å²) in [4.78, 5) is 11.5. The summed E-state index contributed by atoms with van der Waals surface area (Å²) in [7, 11) is 0. The molecule has 0 spiro atoms. The number of aromatic hydroxyl groups is 1. The first-order valence-electron chi connectivity index (χ1n) is 4.80. The van der Waals surface area contributed by atoms with Gasteiger partial charge in [0.25, 0.3) is 5.56 Å². The summed E-state index contributed by atoms with van der Waals surface area (Å²) in [5.74, 6) is 0.00191. The van der Waals surface area contributed by atoms with Gasteiger partial charge in [-0.1, -0.05) is 0 Å². The van der Waals surface area contributed by atoms with Crippen LogP contribution in [0, 0.1) is 0 Å². The minimum absolute atomic E-state index is 0.00191. The summed E-state index contributed by atoms with van der Waals surface area (Å²) in [6, 6.07) is 2.71. The van der Waals surface area contributed by atoms with Crippen molar-refractivity contribution < 1.29 is 9.84 Å².